The molecule has 2 aromatic carbocycles. The van der Waals surface area contributed by atoms with E-state index in [1.807, 2.05) is 12.1 Å². The molecule has 2 heterocycles. The minimum atomic E-state index is -4.05. The van der Waals surface area contributed by atoms with E-state index in [9.17, 15) is 23.3 Å². The average Bonchev–Trinajstić information content (AvgIpc) is 3.21. The van der Waals surface area contributed by atoms with Crippen molar-refractivity contribution in [3.63, 3.8) is 0 Å². The lowest BCUT2D eigenvalue weighted by atomic mass is 10.2. The highest BCUT2D eigenvalue weighted by Crippen LogP contribution is 2.24. The van der Waals surface area contributed by atoms with E-state index >= 15 is 0 Å². The molecule has 2 N–H and O–H groups in total. The van der Waals surface area contributed by atoms with Crippen LogP contribution in [0.25, 0.3) is 5.65 Å². The van der Waals surface area contributed by atoms with E-state index in [1.54, 1.807) is 16.7 Å². The second-order valence-electron chi connectivity index (χ2n) is 7.12. The van der Waals surface area contributed by atoms with Crippen LogP contribution < -0.4 is 10.0 Å². The molecule has 1 amide bonds. The molecule has 33 heavy (non-hydrogen) atoms. The van der Waals surface area contributed by atoms with Gasteiger partial charge in [-0.05, 0) is 49.4 Å². The summed E-state index contributed by atoms with van der Waals surface area (Å²) in [5.41, 5.74) is 1.26. The number of aryl methyl sites for hydroxylation is 1. The summed E-state index contributed by atoms with van der Waals surface area (Å²) in [5.74, 6) is 0.196. The molecule has 12 heteroatoms. The predicted octanol–water partition coefficient (Wildman–Crippen LogP) is 2.68. The Kier molecular flexibility index (Phi) is 5.75. The Hall–Kier alpha value is -4.32. The smallest absolute Gasteiger partial charge is 0.273 e. The van der Waals surface area contributed by atoms with Gasteiger partial charge in [0.1, 0.15) is 0 Å². The number of amides is 1. The number of hydrogen-bond acceptors (Lipinski definition) is 7. The lowest BCUT2D eigenvalue weighted by Crippen LogP contribution is -2.24. The first-order valence-corrected chi connectivity index (χ1v) is 11.2. The quantitative estimate of drug-likeness (QED) is 0.314. The van der Waals surface area contributed by atoms with Crippen molar-refractivity contribution < 1.29 is 18.1 Å². The van der Waals surface area contributed by atoms with Gasteiger partial charge in [-0.3, -0.25) is 24.0 Å². The molecule has 0 saturated heterocycles. The van der Waals surface area contributed by atoms with Crippen molar-refractivity contribution in [3.8, 4) is 0 Å². The van der Waals surface area contributed by atoms with E-state index in [0.717, 1.165) is 6.07 Å². The number of aromatic nitrogens is 3. The highest BCUT2D eigenvalue weighted by molar-refractivity contribution is 7.92. The number of rotatable bonds is 7. The highest BCUT2D eigenvalue weighted by atomic mass is 32.2. The third kappa shape index (κ3) is 4.65. The Morgan fingerprint density at radius 2 is 1.85 bits per heavy atom. The van der Waals surface area contributed by atoms with E-state index in [0.29, 0.717) is 22.6 Å². The van der Waals surface area contributed by atoms with Crippen molar-refractivity contribution in [1.82, 2.24) is 19.9 Å². The largest absolute Gasteiger partial charge is 0.345 e. The topological polar surface area (TPSA) is 149 Å². The second kappa shape index (κ2) is 8.67. The van der Waals surface area contributed by atoms with Gasteiger partial charge in [0.2, 0.25) is 0 Å². The molecule has 0 aliphatic carbocycles. The van der Waals surface area contributed by atoms with Crippen molar-refractivity contribution in [2.75, 3.05) is 4.72 Å². The molecule has 0 spiro atoms. The monoisotopic (exact) mass is 466 g/mol. The van der Waals surface area contributed by atoms with E-state index in [2.05, 4.69) is 20.2 Å². The SMILES string of the molecule is Cc1ccc(S(=O)(=O)Nc2ccc(C(=O)NCc3nnc4ccccn34)cc2)cc1[N+](=O)[O-]. The Balaban J connectivity index is 1.44. The van der Waals surface area contributed by atoms with Gasteiger partial charge in [0.15, 0.2) is 11.5 Å². The number of carbonyl (C=O) groups is 1. The average molecular weight is 466 g/mol. The molecule has 0 saturated carbocycles. The summed E-state index contributed by atoms with van der Waals surface area (Å²) in [5, 5.41) is 21.9. The van der Waals surface area contributed by atoms with Gasteiger partial charge in [-0.25, -0.2) is 8.42 Å². The van der Waals surface area contributed by atoms with Gasteiger partial charge in [-0.1, -0.05) is 12.1 Å². The summed E-state index contributed by atoms with van der Waals surface area (Å²) < 4.78 is 29.4. The van der Waals surface area contributed by atoms with Crippen LogP contribution >= 0.6 is 0 Å². The molecule has 2 aromatic heterocycles. The zero-order valence-corrected chi connectivity index (χ0v) is 18.1. The van der Waals surface area contributed by atoms with Gasteiger partial charge in [0.25, 0.3) is 21.6 Å². The van der Waals surface area contributed by atoms with Crippen molar-refractivity contribution in [2.45, 2.75) is 18.4 Å². The maximum atomic E-state index is 12.6. The number of hydrogen-bond donors (Lipinski definition) is 2. The molecule has 4 rings (SSSR count). The number of nitrogens with one attached hydrogen (secondary N) is 2. The van der Waals surface area contributed by atoms with Crippen molar-refractivity contribution >= 4 is 33.0 Å². The van der Waals surface area contributed by atoms with Gasteiger partial charge in [-0.15, -0.1) is 10.2 Å². The molecular formula is C21H18N6O5S. The van der Waals surface area contributed by atoms with E-state index in [-0.39, 0.29) is 28.7 Å². The number of anilines is 1. The zero-order valence-electron chi connectivity index (χ0n) is 17.3. The Morgan fingerprint density at radius 3 is 2.58 bits per heavy atom. The first-order chi connectivity index (χ1) is 15.7. The molecule has 0 aliphatic rings. The molecular weight excluding hydrogens is 448 g/mol. The molecule has 11 nitrogen and oxygen atoms in total. The normalized spacial score (nSPS) is 11.3. The van der Waals surface area contributed by atoms with E-state index in [4.69, 9.17) is 0 Å². The molecule has 0 radical (unpaired) electrons. The number of sulfonamides is 1. The van der Waals surface area contributed by atoms with Crippen LogP contribution in [0.15, 0.2) is 71.8 Å². The Bertz CT molecular complexity index is 1460. The molecule has 0 fully saturated rings. The number of benzene rings is 2. The molecule has 0 bridgehead atoms. The predicted molar refractivity (Wildman–Crippen MR) is 119 cm³/mol. The summed E-state index contributed by atoms with van der Waals surface area (Å²) in [7, 11) is -4.05. The molecule has 4 aromatic rings. The minimum absolute atomic E-state index is 0.157. The lowest BCUT2D eigenvalue weighted by Gasteiger charge is -2.10. The summed E-state index contributed by atoms with van der Waals surface area (Å²) in [6.45, 7) is 1.68. The highest BCUT2D eigenvalue weighted by Gasteiger charge is 2.20. The number of pyridine rings is 1. The summed E-state index contributed by atoms with van der Waals surface area (Å²) in [6.07, 6.45) is 1.79. The molecule has 168 valence electrons. The van der Waals surface area contributed by atoms with Gasteiger partial charge in [0, 0.05) is 29.1 Å². The zero-order chi connectivity index (χ0) is 23.6. The molecule has 0 atom stereocenters. The number of nitrogens with zero attached hydrogens (tertiary/aromatic N) is 4. The van der Waals surface area contributed by atoms with Gasteiger partial charge in [0.05, 0.1) is 16.4 Å². The second-order valence-corrected chi connectivity index (χ2v) is 8.80. The fourth-order valence-electron chi connectivity index (χ4n) is 3.13. The minimum Gasteiger partial charge on any atom is -0.345 e. The number of carbonyl (C=O) groups excluding carboxylic acids is 1. The molecule has 0 aliphatic heterocycles. The fourth-order valence-corrected chi connectivity index (χ4v) is 4.21. The Morgan fingerprint density at radius 1 is 1.09 bits per heavy atom. The Labute approximate surface area is 188 Å². The number of nitro groups is 1. The standard InChI is InChI=1S/C21H18N6O5S/c1-14-5-10-17(12-18(14)27(29)30)33(31,32)25-16-8-6-15(7-9-16)21(28)22-13-20-24-23-19-4-2-3-11-26(19)20/h2-12,25H,13H2,1H3,(H,22,28). The van der Waals surface area contributed by atoms with Crippen molar-refractivity contribution in [1.29, 1.82) is 0 Å². The van der Waals surface area contributed by atoms with Crippen molar-refractivity contribution in [3.05, 3.63) is 93.9 Å². The van der Waals surface area contributed by atoms with Gasteiger partial charge < -0.3 is 5.32 Å². The maximum absolute atomic E-state index is 12.6. The first kappa shape index (κ1) is 21.9. The van der Waals surface area contributed by atoms with Crippen LogP contribution in [0, 0.1) is 17.0 Å². The summed E-state index contributed by atoms with van der Waals surface area (Å²) in [6, 6.07) is 14.9. The first-order valence-electron chi connectivity index (χ1n) is 9.69. The third-order valence-electron chi connectivity index (χ3n) is 4.88. The van der Waals surface area contributed by atoms with Crippen LogP contribution in [0.3, 0.4) is 0 Å². The summed E-state index contributed by atoms with van der Waals surface area (Å²) in [4.78, 5) is 22.7. The van der Waals surface area contributed by atoms with Crippen LogP contribution in [0.4, 0.5) is 11.4 Å². The van der Waals surface area contributed by atoms with Crippen LogP contribution in [-0.4, -0.2) is 33.8 Å². The van der Waals surface area contributed by atoms with Gasteiger partial charge >= 0.3 is 0 Å². The number of fused-ring (bicyclic) bond motifs is 1. The van der Waals surface area contributed by atoms with E-state index in [1.165, 1.54) is 43.3 Å². The maximum Gasteiger partial charge on any atom is 0.273 e. The van der Waals surface area contributed by atoms with Crippen molar-refractivity contribution in [2.24, 2.45) is 0 Å². The third-order valence-corrected chi connectivity index (χ3v) is 6.26. The summed E-state index contributed by atoms with van der Waals surface area (Å²) >= 11 is 0. The van der Waals surface area contributed by atoms with Gasteiger partial charge in [-0.2, -0.15) is 0 Å². The van der Waals surface area contributed by atoms with Crippen LogP contribution in [-0.2, 0) is 16.6 Å². The lowest BCUT2D eigenvalue weighted by molar-refractivity contribution is -0.385. The van der Waals surface area contributed by atoms with Crippen LogP contribution in [0.1, 0.15) is 21.7 Å². The van der Waals surface area contributed by atoms with Crippen LogP contribution in [0.2, 0.25) is 0 Å². The molecule has 0 unspecified atom stereocenters. The number of nitro benzene ring substituents is 1. The van der Waals surface area contributed by atoms with E-state index < -0.39 is 14.9 Å². The fraction of sp³-hybridized carbons (Fsp3) is 0.0952. The van der Waals surface area contributed by atoms with Crippen LogP contribution in [0.5, 0.6) is 0 Å².